The van der Waals surface area contributed by atoms with Gasteiger partial charge in [-0.2, -0.15) is 0 Å². The van der Waals surface area contributed by atoms with Crippen molar-refractivity contribution in [2.75, 3.05) is 6.01 Å². The maximum absolute atomic E-state index is 17.4. The second-order valence-electron chi connectivity index (χ2n) is 12.2. The molecule has 0 amide bonds. The molecule has 5 aliphatic carbocycles. The molecule has 4 saturated carbocycles. The van der Waals surface area contributed by atoms with Gasteiger partial charge in [0.15, 0.2) is 17.1 Å². The standard InChI is InChI=1S/C27H33F3O5S/c1-14-9-16-17-11-19(29)18-10-15(31)5-6-24(18,3)26(17,30)20(32)12-25(16,4)27(14,22(34)36-13-28)35-21(33)23(2)7-8-23/h5-6,10,14,16-17,19-20,32H,7-9,11-13H2,1-4H3/t14-,16+,17+,19+,20+,24+,25+,26+,27+/m1/s1. The molecule has 0 spiro atoms. The summed E-state index contributed by atoms with van der Waals surface area (Å²) in [6.45, 7) is 6.69. The number of hydrogen-bond donors (Lipinski definition) is 1. The van der Waals surface area contributed by atoms with Crippen molar-refractivity contribution in [3.05, 3.63) is 23.8 Å². The van der Waals surface area contributed by atoms with E-state index in [0.717, 1.165) is 6.08 Å². The van der Waals surface area contributed by atoms with Crippen molar-refractivity contribution < 1.29 is 37.4 Å². The summed E-state index contributed by atoms with van der Waals surface area (Å²) in [6, 6.07) is -1.01. The molecule has 5 rings (SSSR count). The molecule has 0 bridgehead atoms. The molecule has 0 aromatic carbocycles. The largest absolute Gasteiger partial charge is 0.449 e. The molecular weight excluding hydrogens is 493 g/mol. The Labute approximate surface area is 213 Å². The van der Waals surface area contributed by atoms with Crippen molar-refractivity contribution in [3.8, 4) is 0 Å². The zero-order valence-electron chi connectivity index (χ0n) is 21.0. The number of aliphatic hydroxyl groups is 1. The highest BCUT2D eigenvalue weighted by atomic mass is 32.2. The molecule has 0 aromatic heterocycles. The fourth-order valence-corrected chi connectivity index (χ4v) is 8.83. The van der Waals surface area contributed by atoms with Gasteiger partial charge in [0.05, 0.1) is 11.5 Å². The summed E-state index contributed by atoms with van der Waals surface area (Å²) in [5.41, 5.74) is -7.57. The molecule has 5 aliphatic rings. The number of esters is 1. The van der Waals surface area contributed by atoms with Gasteiger partial charge in [0.1, 0.15) is 12.2 Å². The van der Waals surface area contributed by atoms with E-state index in [1.807, 2.05) is 0 Å². The number of halogens is 3. The number of allylic oxidation sites excluding steroid dienone is 4. The fraction of sp³-hybridized carbons (Fsp3) is 0.741. The first-order valence-electron chi connectivity index (χ1n) is 12.6. The molecular formula is C27H33F3O5S. The number of aliphatic hydroxyl groups excluding tert-OH is 1. The van der Waals surface area contributed by atoms with Crippen molar-refractivity contribution in [2.24, 2.45) is 34.0 Å². The topological polar surface area (TPSA) is 80.7 Å². The molecule has 0 saturated heterocycles. The van der Waals surface area contributed by atoms with Gasteiger partial charge in [-0.05, 0) is 81.4 Å². The molecule has 9 heteroatoms. The second kappa shape index (κ2) is 7.95. The second-order valence-corrected chi connectivity index (χ2v) is 13.1. The molecule has 0 unspecified atom stereocenters. The molecule has 0 aliphatic heterocycles. The lowest BCUT2D eigenvalue weighted by molar-refractivity contribution is -0.230. The number of carbonyl (C=O) groups excluding carboxylic acids is 3. The number of rotatable bonds is 4. The quantitative estimate of drug-likeness (QED) is 0.529. The Morgan fingerprint density at radius 2 is 1.86 bits per heavy atom. The minimum Gasteiger partial charge on any atom is -0.449 e. The number of ether oxygens (including phenoxy) is 1. The Balaban J connectivity index is 1.63. The highest BCUT2D eigenvalue weighted by Gasteiger charge is 2.78. The van der Waals surface area contributed by atoms with E-state index in [2.05, 4.69) is 0 Å². The van der Waals surface area contributed by atoms with Crippen molar-refractivity contribution in [1.82, 2.24) is 0 Å². The first-order chi connectivity index (χ1) is 16.7. The van der Waals surface area contributed by atoms with E-state index in [1.54, 1.807) is 20.8 Å². The Hall–Kier alpha value is -1.61. The number of hydrogen-bond acceptors (Lipinski definition) is 6. The fourth-order valence-electron chi connectivity index (χ4n) is 8.04. The van der Waals surface area contributed by atoms with E-state index < -0.39 is 80.4 Å². The van der Waals surface area contributed by atoms with E-state index in [4.69, 9.17) is 4.74 Å². The zero-order chi connectivity index (χ0) is 26.5. The van der Waals surface area contributed by atoms with E-state index >= 15 is 8.78 Å². The van der Waals surface area contributed by atoms with E-state index in [1.165, 1.54) is 19.1 Å². The van der Waals surface area contributed by atoms with Crippen LogP contribution in [-0.2, 0) is 19.1 Å². The Kier molecular flexibility index (Phi) is 5.74. The van der Waals surface area contributed by atoms with Crippen LogP contribution < -0.4 is 0 Å². The van der Waals surface area contributed by atoms with Gasteiger partial charge in [0.2, 0.25) is 5.12 Å². The third kappa shape index (κ3) is 3.04. The summed E-state index contributed by atoms with van der Waals surface area (Å²) in [4.78, 5) is 38.8. The maximum atomic E-state index is 17.4. The van der Waals surface area contributed by atoms with Crippen LogP contribution in [0.5, 0.6) is 0 Å². The van der Waals surface area contributed by atoms with Gasteiger partial charge in [0.25, 0.3) is 0 Å². The van der Waals surface area contributed by atoms with Crippen LogP contribution in [0.25, 0.3) is 0 Å². The highest BCUT2D eigenvalue weighted by molar-refractivity contribution is 8.13. The number of fused-ring (bicyclic) bond motifs is 5. The Morgan fingerprint density at radius 1 is 1.19 bits per heavy atom. The van der Waals surface area contributed by atoms with E-state index in [9.17, 15) is 23.9 Å². The van der Waals surface area contributed by atoms with Gasteiger partial charge in [-0.15, -0.1) is 0 Å². The average Bonchev–Trinajstić information content (AvgIpc) is 3.52. The summed E-state index contributed by atoms with van der Waals surface area (Å²) in [7, 11) is 0. The van der Waals surface area contributed by atoms with Crippen LogP contribution in [0, 0.1) is 34.0 Å². The van der Waals surface area contributed by atoms with Crippen LogP contribution in [0.2, 0.25) is 0 Å². The summed E-state index contributed by atoms with van der Waals surface area (Å²) in [6.07, 6.45) is 1.45. The summed E-state index contributed by atoms with van der Waals surface area (Å²) >= 11 is 0.416. The van der Waals surface area contributed by atoms with Gasteiger partial charge in [0, 0.05) is 22.7 Å². The first-order valence-corrected chi connectivity index (χ1v) is 13.6. The first kappa shape index (κ1) is 26.0. The molecule has 5 nitrogen and oxygen atoms in total. The highest BCUT2D eigenvalue weighted by Crippen LogP contribution is 2.72. The van der Waals surface area contributed by atoms with Crippen LogP contribution in [0.4, 0.5) is 13.2 Å². The van der Waals surface area contributed by atoms with Gasteiger partial charge >= 0.3 is 5.97 Å². The molecule has 4 fully saturated rings. The van der Waals surface area contributed by atoms with Crippen LogP contribution in [0.3, 0.4) is 0 Å². The summed E-state index contributed by atoms with van der Waals surface area (Å²) < 4.78 is 52.5. The van der Waals surface area contributed by atoms with Crippen LogP contribution in [0.1, 0.15) is 59.8 Å². The lowest BCUT2D eigenvalue weighted by Crippen LogP contribution is -2.70. The minimum atomic E-state index is -2.30. The van der Waals surface area contributed by atoms with Crippen molar-refractivity contribution in [1.29, 1.82) is 0 Å². The molecule has 198 valence electrons. The number of ketones is 1. The van der Waals surface area contributed by atoms with Crippen LogP contribution in [0.15, 0.2) is 23.8 Å². The third-order valence-electron chi connectivity index (χ3n) is 10.4. The maximum Gasteiger partial charge on any atom is 0.312 e. The van der Waals surface area contributed by atoms with Gasteiger partial charge in [-0.1, -0.05) is 19.9 Å². The lowest BCUT2D eigenvalue weighted by Gasteiger charge is -2.63. The normalized spacial score (nSPS) is 48.4. The van der Waals surface area contributed by atoms with E-state index in [-0.39, 0.29) is 24.8 Å². The average molecular weight is 527 g/mol. The molecule has 1 N–H and O–H groups in total. The SMILES string of the molecule is C[C@@H]1C[C@H]2[C@@H]3C[C@H](F)C4=CC(=O)C=C[C@]4(C)[C@@]3(F)[C@@H](O)C[C@]2(C)[C@@]1(OC(=O)C1(C)CC1)C(=O)SCF. The zero-order valence-corrected chi connectivity index (χ0v) is 21.8. The van der Waals surface area contributed by atoms with Gasteiger partial charge in [-0.25, -0.2) is 13.2 Å². The molecule has 0 radical (unpaired) electrons. The number of carbonyl (C=O) groups is 3. The van der Waals surface area contributed by atoms with Crippen molar-refractivity contribution in [3.63, 3.8) is 0 Å². The smallest absolute Gasteiger partial charge is 0.312 e. The number of thioether (sulfide) groups is 1. The predicted octanol–water partition coefficient (Wildman–Crippen LogP) is 4.82. The summed E-state index contributed by atoms with van der Waals surface area (Å²) in [5.74, 6) is -3.19. The van der Waals surface area contributed by atoms with Crippen LogP contribution in [-0.4, -0.2) is 51.5 Å². The third-order valence-corrected chi connectivity index (χ3v) is 11.1. The molecule has 0 heterocycles. The van der Waals surface area contributed by atoms with E-state index in [0.29, 0.717) is 24.6 Å². The Bertz CT molecular complexity index is 1090. The summed E-state index contributed by atoms with van der Waals surface area (Å²) in [5, 5.41) is 10.8. The molecule has 9 atom stereocenters. The van der Waals surface area contributed by atoms with Gasteiger partial charge < -0.3 is 9.84 Å². The van der Waals surface area contributed by atoms with Gasteiger partial charge in [-0.3, -0.25) is 14.4 Å². The predicted molar refractivity (Wildman–Crippen MR) is 128 cm³/mol. The van der Waals surface area contributed by atoms with Crippen LogP contribution >= 0.6 is 11.8 Å². The number of alkyl halides is 3. The van der Waals surface area contributed by atoms with Crippen molar-refractivity contribution >= 4 is 28.6 Å². The molecule has 36 heavy (non-hydrogen) atoms. The Morgan fingerprint density at radius 3 is 2.47 bits per heavy atom. The van der Waals surface area contributed by atoms with Crippen molar-refractivity contribution in [2.45, 2.75) is 83.3 Å². The monoisotopic (exact) mass is 526 g/mol. The lowest BCUT2D eigenvalue weighted by atomic mass is 9.44. The molecule has 0 aromatic rings. The minimum absolute atomic E-state index is 0.0193.